The number of pyridine rings is 1. The Morgan fingerprint density at radius 2 is 1.82 bits per heavy atom. The van der Waals surface area contributed by atoms with Crippen LogP contribution in [0.25, 0.3) is 0 Å². The quantitative estimate of drug-likeness (QED) is 0.867. The first kappa shape index (κ1) is 15.0. The van der Waals surface area contributed by atoms with Gasteiger partial charge in [-0.2, -0.15) is 0 Å². The number of likely N-dealkylation sites (N-methyl/N-ethyl adjacent to an activating group) is 1. The Balaban J connectivity index is 1.70. The fourth-order valence-corrected chi connectivity index (χ4v) is 3.01. The first-order chi connectivity index (χ1) is 10.8. The molecule has 0 unspecified atom stereocenters. The fourth-order valence-electron chi connectivity index (χ4n) is 3.01. The Morgan fingerprint density at radius 1 is 1.09 bits per heavy atom. The van der Waals surface area contributed by atoms with Crippen LogP contribution in [-0.2, 0) is 6.54 Å². The summed E-state index contributed by atoms with van der Waals surface area (Å²) >= 11 is 0. The highest BCUT2D eigenvalue weighted by molar-refractivity contribution is 5.29. The fraction of sp³-hybridized carbons (Fsp3) is 0.389. The van der Waals surface area contributed by atoms with Gasteiger partial charge < -0.3 is 4.74 Å². The van der Waals surface area contributed by atoms with Gasteiger partial charge in [0.2, 0.25) is 0 Å². The maximum Gasteiger partial charge on any atom is 0.118 e. The number of hydrogen-bond donors (Lipinski definition) is 0. The molecule has 0 amide bonds. The van der Waals surface area contributed by atoms with E-state index in [0.717, 1.165) is 31.9 Å². The second kappa shape index (κ2) is 6.90. The molecule has 0 bridgehead atoms. The summed E-state index contributed by atoms with van der Waals surface area (Å²) in [6.45, 7) is 4.22. The minimum absolute atomic E-state index is 0.432. The van der Waals surface area contributed by atoms with Crippen molar-refractivity contribution >= 4 is 0 Å². The molecule has 1 aliphatic rings. The van der Waals surface area contributed by atoms with Crippen LogP contribution in [0.5, 0.6) is 5.75 Å². The Labute approximate surface area is 132 Å². The van der Waals surface area contributed by atoms with E-state index in [-0.39, 0.29) is 0 Å². The summed E-state index contributed by atoms with van der Waals surface area (Å²) in [7, 11) is 3.91. The molecule has 1 aromatic carbocycles. The van der Waals surface area contributed by atoms with Crippen molar-refractivity contribution < 1.29 is 4.74 Å². The van der Waals surface area contributed by atoms with Gasteiger partial charge in [0, 0.05) is 44.6 Å². The molecule has 1 saturated heterocycles. The second-order valence-electron chi connectivity index (χ2n) is 5.86. The Bertz CT molecular complexity index is 585. The SMILES string of the molecule is COc1ccc([C@@H]2CN(Cc3ccncc3)CCN2C)cc1. The molecule has 3 rings (SSSR count). The van der Waals surface area contributed by atoms with E-state index in [1.807, 2.05) is 24.5 Å². The van der Waals surface area contributed by atoms with Crippen LogP contribution in [0, 0.1) is 0 Å². The van der Waals surface area contributed by atoms with Gasteiger partial charge in [-0.25, -0.2) is 0 Å². The van der Waals surface area contributed by atoms with Gasteiger partial charge in [0.05, 0.1) is 7.11 Å². The Morgan fingerprint density at radius 3 is 2.50 bits per heavy atom. The van der Waals surface area contributed by atoms with Crippen molar-refractivity contribution in [3.05, 3.63) is 59.9 Å². The van der Waals surface area contributed by atoms with E-state index < -0.39 is 0 Å². The number of rotatable bonds is 4. The van der Waals surface area contributed by atoms with Crippen molar-refractivity contribution in [2.24, 2.45) is 0 Å². The predicted octanol–water partition coefficient (Wildman–Crippen LogP) is 2.58. The lowest BCUT2D eigenvalue weighted by Gasteiger charge is -2.39. The molecule has 22 heavy (non-hydrogen) atoms. The zero-order chi connectivity index (χ0) is 15.4. The van der Waals surface area contributed by atoms with E-state index in [0.29, 0.717) is 6.04 Å². The highest BCUT2D eigenvalue weighted by Gasteiger charge is 2.25. The number of methoxy groups -OCH3 is 1. The van der Waals surface area contributed by atoms with Crippen molar-refractivity contribution in [2.45, 2.75) is 12.6 Å². The highest BCUT2D eigenvalue weighted by Crippen LogP contribution is 2.26. The van der Waals surface area contributed by atoms with Crippen molar-refractivity contribution in [1.29, 1.82) is 0 Å². The molecule has 2 aromatic rings. The van der Waals surface area contributed by atoms with Crippen molar-refractivity contribution in [2.75, 3.05) is 33.8 Å². The molecular weight excluding hydrogens is 274 g/mol. The lowest BCUT2D eigenvalue weighted by molar-refractivity contribution is 0.0904. The molecule has 1 fully saturated rings. The van der Waals surface area contributed by atoms with Gasteiger partial charge in [0.15, 0.2) is 0 Å². The van der Waals surface area contributed by atoms with Gasteiger partial charge in [-0.1, -0.05) is 12.1 Å². The maximum absolute atomic E-state index is 5.25. The van der Waals surface area contributed by atoms with Crippen LogP contribution in [0.15, 0.2) is 48.8 Å². The molecule has 1 aliphatic heterocycles. The maximum atomic E-state index is 5.25. The normalized spacial score (nSPS) is 20.0. The standard InChI is InChI=1S/C18H23N3O/c1-20-11-12-21(13-15-7-9-19-10-8-15)14-18(20)16-3-5-17(22-2)6-4-16/h3-10,18H,11-14H2,1-2H3/t18-/m0/s1. The van der Waals surface area contributed by atoms with Crippen molar-refractivity contribution in [1.82, 2.24) is 14.8 Å². The summed E-state index contributed by atoms with van der Waals surface area (Å²) in [5, 5.41) is 0. The summed E-state index contributed by atoms with van der Waals surface area (Å²) in [6, 6.07) is 13.1. The molecule has 0 radical (unpaired) electrons. The Hall–Kier alpha value is -1.91. The van der Waals surface area contributed by atoms with Crippen LogP contribution in [0.4, 0.5) is 0 Å². The molecule has 0 aliphatic carbocycles. The van der Waals surface area contributed by atoms with Crippen LogP contribution < -0.4 is 4.74 Å². The van der Waals surface area contributed by atoms with Crippen LogP contribution in [0.3, 0.4) is 0 Å². The van der Waals surface area contributed by atoms with Gasteiger partial charge in [-0.15, -0.1) is 0 Å². The topological polar surface area (TPSA) is 28.6 Å². The third-order valence-electron chi connectivity index (χ3n) is 4.39. The minimum Gasteiger partial charge on any atom is -0.497 e. The molecule has 1 aromatic heterocycles. The summed E-state index contributed by atoms with van der Waals surface area (Å²) in [4.78, 5) is 9.04. The molecule has 4 nitrogen and oxygen atoms in total. The minimum atomic E-state index is 0.432. The van der Waals surface area contributed by atoms with E-state index in [2.05, 4.69) is 46.1 Å². The zero-order valence-electron chi connectivity index (χ0n) is 13.3. The molecule has 2 heterocycles. The summed E-state index contributed by atoms with van der Waals surface area (Å²) in [6.07, 6.45) is 3.73. The monoisotopic (exact) mass is 297 g/mol. The van der Waals surface area contributed by atoms with E-state index in [1.54, 1.807) is 7.11 Å². The van der Waals surface area contributed by atoms with E-state index in [9.17, 15) is 0 Å². The van der Waals surface area contributed by atoms with E-state index in [4.69, 9.17) is 4.74 Å². The molecule has 0 spiro atoms. The number of piperazine rings is 1. The van der Waals surface area contributed by atoms with E-state index >= 15 is 0 Å². The van der Waals surface area contributed by atoms with Gasteiger partial charge in [-0.3, -0.25) is 14.8 Å². The number of hydrogen-bond acceptors (Lipinski definition) is 4. The smallest absolute Gasteiger partial charge is 0.118 e. The van der Waals surface area contributed by atoms with Crippen molar-refractivity contribution in [3.8, 4) is 5.75 Å². The largest absolute Gasteiger partial charge is 0.497 e. The molecule has 0 N–H and O–H groups in total. The Kier molecular flexibility index (Phi) is 4.71. The van der Waals surface area contributed by atoms with Gasteiger partial charge in [-0.05, 0) is 42.4 Å². The molecular formula is C18H23N3O. The van der Waals surface area contributed by atoms with E-state index in [1.165, 1.54) is 11.1 Å². The van der Waals surface area contributed by atoms with Gasteiger partial charge in [0.25, 0.3) is 0 Å². The first-order valence-corrected chi connectivity index (χ1v) is 7.71. The lowest BCUT2D eigenvalue weighted by Crippen LogP contribution is -2.46. The van der Waals surface area contributed by atoms with Crippen LogP contribution in [0.2, 0.25) is 0 Å². The average molecular weight is 297 g/mol. The summed E-state index contributed by atoms with van der Waals surface area (Å²) in [5.41, 5.74) is 2.68. The number of aromatic nitrogens is 1. The average Bonchev–Trinajstić information content (AvgIpc) is 2.58. The predicted molar refractivity (Wildman–Crippen MR) is 87.9 cm³/mol. The molecule has 116 valence electrons. The third kappa shape index (κ3) is 3.46. The van der Waals surface area contributed by atoms with Gasteiger partial charge >= 0.3 is 0 Å². The third-order valence-corrected chi connectivity index (χ3v) is 4.39. The number of benzene rings is 1. The first-order valence-electron chi connectivity index (χ1n) is 7.71. The summed E-state index contributed by atoms with van der Waals surface area (Å²) < 4.78 is 5.25. The van der Waals surface area contributed by atoms with Crippen LogP contribution >= 0.6 is 0 Å². The number of nitrogens with zero attached hydrogens (tertiary/aromatic N) is 3. The number of ether oxygens (including phenoxy) is 1. The second-order valence-corrected chi connectivity index (χ2v) is 5.86. The molecule has 1 atom stereocenters. The molecule has 0 saturated carbocycles. The lowest BCUT2D eigenvalue weighted by atomic mass is 10.0. The van der Waals surface area contributed by atoms with Crippen LogP contribution in [-0.4, -0.2) is 48.6 Å². The van der Waals surface area contributed by atoms with Crippen LogP contribution in [0.1, 0.15) is 17.2 Å². The van der Waals surface area contributed by atoms with Crippen molar-refractivity contribution in [3.63, 3.8) is 0 Å². The highest BCUT2D eigenvalue weighted by atomic mass is 16.5. The van der Waals surface area contributed by atoms with Gasteiger partial charge in [0.1, 0.15) is 5.75 Å². The zero-order valence-corrected chi connectivity index (χ0v) is 13.3. The summed E-state index contributed by atoms with van der Waals surface area (Å²) in [5.74, 6) is 0.913. The molecule has 4 heteroatoms.